The zero-order chi connectivity index (χ0) is 12.7. The average molecular weight is 240 g/mol. The van der Waals surface area contributed by atoms with E-state index in [2.05, 4.69) is 25.8 Å². The fraction of sp³-hybridized carbons (Fsp3) is 1.00. The van der Waals surface area contributed by atoms with Crippen LogP contribution in [-0.2, 0) is 0 Å². The van der Waals surface area contributed by atoms with Gasteiger partial charge in [0.2, 0.25) is 0 Å². The van der Waals surface area contributed by atoms with E-state index in [-0.39, 0.29) is 0 Å². The van der Waals surface area contributed by atoms with Crippen LogP contribution in [0.4, 0.5) is 0 Å². The third-order valence-electron chi connectivity index (χ3n) is 4.15. The third-order valence-corrected chi connectivity index (χ3v) is 4.15. The lowest BCUT2D eigenvalue weighted by Crippen LogP contribution is -2.36. The molecule has 0 aromatic heterocycles. The predicted molar refractivity (Wildman–Crippen MR) is 76.2 cm³/mol. The minimum Gasteiger partial charge on any atom is -0.328 e. The van der Waals surface area contributed by atoms with E-state index in [4.69, 9.17) is 5.73 Å². The Kier molecular flexibility index (Phi) is 7.14. The Morgan fingerprint density at radius 3 is 2.35 bits per heavy atom. The van der Waals surface area contributed by atoms with Crippen molar-refractivity contribution < 1.29 is 0 Å². The molecule has 2 heteroatoms. The van der Waals surface area contributed by atoms with E-state index in [9.17, 15) is 0 Å². The molecule has 0 radical (unpaired) electrons. The minimum absolute atomic E-state index is 0.373. The molecule has 17 heavy (non-hydrogen) atoms. The molecule has 2 N–H and O–H groups in total. The van der Waals surface area contributed by atoms with Gasteiger partial charge in [-0.3, -0.25) is 0 Å². The van der Waals surface area contributed by atoms with Crippen LogP contribution in [0.3, 0.4) is 0 Å². The normalized spacial score (nSPS) is 21.7. The van der Waals surface area contributed by atoms with Gasteiger partial charge in [-0.15, -0.1) is 0 Å². The Labute approximate surface area is 108 Å². The second-order valence-corrected chi connectivity index (χ2v) is 6.24. The maximum Gasteiger partial charge on any atom is 0.00923 e. The second-order valence-electron chi connectivity index (χ2n) is 6.24. The maximum atomic E-state index is 5.79. The Balaban J connectivity index is 2.13. The first-order chi connectivity index (χ1) is 8.09. The highest BCUT2D eigenvalue weighted by molar-refractivity contribution is 4.74. The van der Waals surface area contributed by atoms with Crippen molar-refractivity contribution in [1.82, 2.24) is 4.90 Å². The number of nitrogens with zero attached hydrogens (tertiary/aromatic N) is 1. The Morgan fingerprint density at radius 1 is 1.12 bits per heavy atom. The molecule has 1 rings (SSSR count). The van der Waals surface area contributed by atoms with E-state index in [0.29, 0.717) is 6.04 Å². The van der Waals surface area contributed by atoms with Crippen LogP contribution < -0.4 is 5.73 Å². The number of hydrogen-bond donors (Lipinski definition) is 1. The van der Waals surface area contributed by atoms with Gasteiger partial charge in [-0.05, 0) is 45.6 Å². The second kappa shape index (κ2) is 8.10. The van der Waals surface area contributed by atoms with Crippen LogP contribution in [0.25, 0.3) is 0 Å². The van der Waals surface area contributed by atoms with Crippen molar-refractivity contribution in [3.63, 3.8) is 0 Å². The van der Waals surface area contributed by atoms with Crippen LogP contribution in [0.1, 0.15) is 65.2 Å². The van der Waals surface area contributed by atoms with E-state index in [0.717, 1.165) is 12.0 Å². The van der Waals surface area contributed by atoms with Crippen LogP contribution in [0.2, 0.25) is 0 Å². The molecule has 2 atom stereocenters. The van der Waals surface area contributed by atoms with Gasteiger partial charge in [0.25, 0.3) is 0 Å². The Morgan fingerprint density at radius 2 is 1.76 bits per heavy atom. The zero-order valence-corrected chi connectivity index (χ0v) is 12.1. The molecule has 0 aliphatic heterocycles. The first-order valence-corrected chi connectivity index (χ1v) is 7.55. The Bertz CT molecular complexity index is 185. The summed E-state index contributed by atoms with van der Waals surface area (Å²) in [6.45, 7) is 5.77. The first kappa shape index (κ1) is 15.0. The number of rotatable bonds is 7. The highest BCUT2D eigenvalue weighted by atomic mass is 15.1. The van der Waals surface area contributed by atoms with Gasteiger partial charge >= 0.3 is 0 Å². The van der Waals surface area contributed by atoms with Crippen molar-refractivity contribution in [2.45, 2.75) is 77.3 Å². The van der Waals surface area contributed by atoms with E-state index in [1.807, 2.05) is 0 Å². The van der Waals surface area contributed by atoms with Crippen LogP contribution in [0.15, 0.2) is 0 Å². The summed E-state index contributed by atoms with van der Waals surface area (Å²) in [5.74, 6) is 0.820. The molecule has 0 heterocycles. The summed E-state index contributed by atoms with van der Waals surface area (Å²) in [7, 11) is 2.32. The molecule has 0 saturated heterocycles. The van der Waals surface area contributed by atoms with E-state index >= 15 is 0 Å². The summed E-state index contributed by atoms with van der Waals surface area (Å²) in [6, 6.07) is 1.23. The lowest BCUT2D eigenvalue weighted by molar-refractivity contribution is 0.166. The van der Waals surface area contributed by atoms with Crippen LogP contribution in [-0.4, -0.2) is 30.6 Å². The predicted octanol–water partition coefficient (Wildman–Crippen LogP) is 3.40. The van der Waals surface area contributed by atoms with Crippen LogP contribution >= 0.6 is 0 Å². The van der Waals surface area contributed by atoms with Crippen molar-refractivity contribution in [1.29, 1.82) is 0 Å². The minimum atomic E-state index is 0.373. The van der Waals surface area contributed by atoms with Gasteiger partial charge in [-0.25, -0.2) is 0 Å². The molecule has 2 nitrogen and oxygen atoms in total. The highest BCUT2D eigenvalue weighted by Crippen LogP contribution is 2.22. The molecular formula is C15H32N2. The largest absolute Gasteiger partial charge is 0.328 e. The molecular weight excluding hydrogens is 208 g/mol. The van der Waals surface area contributed by atoms with E-state index in [1.165, 1.54) is 57.9 Å². The van der Waals surface area contributed by atoms with Crippen molar-refractivity contribution in [2.24, 2.45) is 11.7 Å². The third kappa shape index (κ3) is 6.42. The smallest absolute Gasteiger partial charge is 0.00923 e. The molecule has 102 valence electrons. The molecule has 1 aliphatic carbocycles. The highest BCUT2D eigenvalue weighted by Gasteiger charge is 2.19. The monoisotopic (exact) mass is 240 g/mol. The number of nitrogens with two attached hydrogens (primary N) is 1. The van der Waals surface area contributed by atoms with Crippen molar-refractivity contribution in [2.75, 3.05) is 13.6 Å². The molecule has 1 fully saturated rings. The molecule has 0 aromatic rings. The standard InChI is InChI=1S/C15H32N2/c1-13(8-7-9-14(2)16)12-17(3)15-10-5-4-6-11-15/h13-15H,4-12,16H2,1-3H3. The van der Waals surface area contributed by atoms with Crippen molar-refractivity contribution >= 4 is 0 Å². The lowest BCUT2D eigenvalue weighted by atomic mass is 9.93. The molecule has 1 aliphatic rings. The zero-order valence-electron chi connectivity index (χ0n) is 12.1. The summed E-state index contributed by atoms with van der Waals surface area (Å²) in [6.07, 6.45) is 11.0. The molecule has 0 bridgehead atoms. The summed E-state index contributed by atoms with van der Waals surface area (Å²) in [4.78, 5) is 2.61. The molecule has 0 aromatic carbocycles. The topological polar surface area (TPSA) is 29.3 Å². The summed E-state index contributed by atoms with van der Waals surface area (Å²) < 4.78 is 0. The Hall–Kier alpha value is -0.0800. The van der Waals surface area contributed by atoms with E-state index in [1.54, 1.807) is 0 Å². The summed E-state index contributed by atoms with van der Waals surface area (Å²) in [5, 5.41) is 0. The van der Waals surface area contributed by atoms with Crippen LogP contribution in [0, 0.1) is 5.92 Å². The summed E-state index contributed by atoms with van der Waals surface area (Å²) in [5.41, 5.74) is 5.79. The summed E-state index contributed by atoms with van der Waals surface area (Å²) >= 11 is 0. The van der Waals surface area contributed by atoms with Gasteiger partial charge in [0, 0.05) is 18.6 Å². The maximum absolute atomic E-state index is 5.79. The lowest BCUT2D eigenvalue weighted by Gasteiger charge is -2.33. The quantitative estimate of drug-likeness (QED) is 0.739. The van der Waals surface area contributed by atoms with Crippen molar-refractivity contribution in [3.8, 4) is 0 Å². The first-order valence-electron chi connectivity index (χ1n) is 7.55. The fourth-order valence-corrected chi connectivity index (χ4v) is 3.04. The van der Waals surface area contributed by atoms with Gasteiger partial charge in [-0.1, -0.05) is 32.6 Å². The van der Waals surface area contributed by atoms with E-state index < -0.39 is 0 Å². The molecule has 2 unspecified atom stereocenters. The van der Waals surface area contributed by atoms with Gasteiger partial charge in [0.05, 0.1) is 0 Å². The average Bonchev–Trinajstić information content (AvgIpc) is 2.29. The molecule has 0 amide bonds. The van der Waals surface area contributed by atoms with Gasteiger partial charge in [0.15, 0.2) is 0 Å². The SMILES string of the molecule is CC(N)CCCC(C)CN(C)C1CCCCC1. The number of hydrogen-bond acceptors (Lipinski definition) is 2. The molecule has 1 saturated carbocycles. The fourth-order valence-electron chi connectivity index (χ4n) is 3.04. The van der Waals surface area contributed by atoms with Gasteiger partial charge in [-0.2, -0.15) is 0 Å². The van der Waals surface area contributed by atoms with Crippen LogP contribution in [0.5, 0.6) is 0 Å². The molecule has 0 spiro atoms. The van der Waals surface area contributed by atoms with Gasteiger partial charge < -0.3 is 10.6 Å². The van der Waals surface area contributed by atoms with Gasteiger partial charge in [0.1, 0.15) is 0 Å². The van der Waals surface area contributed by atoms with Crippen molar-refractivity contribution in [3.05, 3.63) is 0 Å².